The highest BCUT2D eigenvalue weighted by molar-refractivity contribution is 6.08. The summed E-state index contributed by atoms with van der Waals surface area (Å²) in [7, 11) is 0. The maximum Gasteiger partial charge on any atom is 0.272 e. The Labute approximate surface area is 129 Å². The van der Waals surface area contributed by atoms with Crippen molar-refractivity contribution in [2.24, 2.45) is 0 Å². The molecule has 1 aromatic heterocycles. The van der Waals surface area contributed by atoms with Crippen LogP contribution in [0.15, 0.2) is 48.5 Å². The lowest BCUT2D eigenvalue weighted by Crippen LogP contribution is -2.17. The molecular weight excluding hydrogens is 276 g/mol. The first-order valence-corrected chi connectivity index (χ1v) is 7.30. The van der Waals surface area contributed by atoms with Gasteiger partial charge in [-0.15, -0.1) is 0 Å². The number of nitrogens with zero attached hydrogens (tertiary/aromatic N) is 1. The number of carbonyl (C=O) groups excluding carboxylic acids is 1. The normalized spacial score (nSPS) is 10.8. The first kappa shape index (κ1) is 14.2. The number of amides is 1. The van der Waals surface area contributed by atoms with E-state index in [0.29, 0.717) is 17.9 Å². The van der Waals surface area contributed by atoms with Crippen molar-refractivity contribution < 1.29 is 9.90 Å². The second-order valence-electron chi connectivity index (χ2n) is 5.21. The fourth-order valence-electron chi connectivity index (χ4n) is 2.86. The Morgan fingerprint density at radius 2 is 1.82 bits per heavy atom. The van der Waals surface area contributed by atoms with Gasteiger partial charge < -0.3 is 15.0 Å². The van der Waals surface area contributed by atoms with Crippen LogP contribution in [0.4, 0.5) is 5.69 Å². The van der Waals surface area contributed by atoms with Crippen LogP contribution in [0.5, 0.6) is 5.75 Å². The predicted molar refractivity (Wildman–Crippen MR) is 88.4 cm³/mol. The molecule has 22 heavy (non-hydrogen) atoms. The molecule has 0 bridgehead atoms. The standard InChI is InChI=1S/C18H18N2O2/c1-3-20-15-10-6-4-8-13(15)12(2)17(20)18(22)19-14-9-5-7-11-16(14)21/h4-11,21H,3H2,1-2H3,(H,19,22). The highest BCUT2D eigenvalue weighted by atomic mass is 16.3. The summed E-state index contributed by atoms with van der Waals surface area (Å²) >= 11 is 0. The molecule has 0 fully saturated rings. The molecule has 112 valence electrons. The highest BCUT2D eigenvalue weighted by Gasteiger charge is 2.19. The largest absolute Gasteiger partial charge is 0.506 e. The third-order valence-corrected chi connectivity index (χ3v) is 3.91. The minimum absolute atomic E-state index is 0.0627. The van der Waals surface area contributed by atoms with E-state index in [1.807, 2.05) is 42.7 Å². The molecule has 0 spiro atoms. The Kier molecular flexibility index (Phi) is 3.59. The molecular formula is C18H18N2O2. The van der Waals surface area contributed by atoms with Crippen LogP contribution in [-0.2, 0) is 6.54 Å². The fourth-order valence-corrected chi connectivity index (χ4v) is 2.86. The lowest BCUT2D eigenvalue weighted by molar-refractivity contribution is 0.101. The van der Waals surface area contributed by atoms with Crippen molar-refractivity contribution in [3.05, 3.63) is 59.8 Å². The Hall–Kier alpha value is -2.75. The number of anilines is 1. The number of aromatic hydroxyl groups is 1. The molecule has 0 saturated carbocycles. The van der Waals surface area contributed by atoms with E-state index in [1.54, 1.807) is 24.3 Å². The molecule has 1 heterocycles. The molecule has 3 rings (SSSR count). The van der Waals surface area contributed by atoms with Gasteiger partial charge in [0.05, 0.1) is 5.69 Å². The van der Waals surface area contributed by atoms with Gasteiger partial charge in [0.1, 0.15) is 11.4 Å². The molecule has 0 radical (unpaired) electrons. The van der Waals surface area contributed by atoms with E-state index in [4.69, 9.17) is 0 Å². The van der Waals surface area contributed by atoms with Crippen LogP contribution >= 0.6 is 0 Å². The zero-order chi connectivity index (χ0) is 15.7. The van der Waals surface area contributed by atoms with Crippen molar-refractivity contribution >= 4 is 22.5 Å². The summed E-state index contributed by atoms with van der Waals surface area (Å²) in [4.78, 5) is 12.7. The number of aromatic nitrogens is 1. The molecule has 0 aliphatic rings. The molecule has 4 nitrogen and oxygen atoms in total. The maximum atomic E-state index is 12.7. The number of benzene rings is 2. The van der Waals surface area contributed by atoms with Gasteiger partial charge in [0.25, 0.3) is 5.91 Å². The number of rotatable bonds is 3. The number of hydrogen-bond acceptors (Lipinski definition) is 2. The molecule has 0 aliphatic carbocycles. The minimum atomic E-state index is -0.211. The van der Waals surface area contributed by atoms with Crippen molar-refractivity contribution in [1.29, 1.82) is 0 Å². The topological polar surface area (TPSA) is 54.3 Å². The van der Waals surface area contributed by atoms with Crippen LogP contribution < -0.4 is 5.32 Å². The Bertz CT molecular complexity index is 849. The van der Waals surface area contributed by atoms with Crippen molar-refractivity contribution in [2.45, 2.75) is 20.4 Å². The highest BCUT2D eigenvalue weighted by Crippen LogP contribution is 2.28. The molecule has 0 atom stereocenters. The van der Waals surface area contributed by atoms with E-state index in [2.05, 4.69) is 5.32 Å². The van der Waals surface area contributed by atoms with E-state index < -0.39 is 0 Å². The van der Waals surface area contributed by atoms with E-state index in [0.717, 1.165) is 16.5 Å². The second-order valence-corrected chi connectivity index (χ2v) is 5.21. The van der Waals surface area contributed by atoms with Crippen LogP contribution in [0, 0.1) is 6.92 Å². The number of aryl methyl sites for hydroxylation is 2. The third-order valence-electron chi connectivity index (χ3n) is 3.91. The Balaban J connectivity index is 2.08. The number of carbonyl (C=O) groups is 1. The summed E-state index contributed by atoms with van der Waals surface area (Å²) in [6.45, 7) is 4.68. The van der Waals surface area contributed by atoms with Crippen LogP contribution in [0.1, 0.15) is 23.0 Å². The van der Waals surface area contributed by atoms with Gasteiger partial charge in [-0.05, 0) is 37.6 Å². The molecule has 0 saturated heterocycles. The molecule has 2 N–H and O–H groups in total. The zero-order valence-corrected chi connectivity index (χ0v) is 12.6. The van der Waals surface area contributed by atoms with Crippen molar-refractivity contribution in [3.8, 4) is 5.75 Å². The molecule has 3 aromatic rings. The Morgan fingerprint density at radius 3 is 2.55 bits per heavy atom. The molecule has 2 aromatic carbocycles. The Morgan fingerprint density at radius 1 is 1.14 bits per heavy atom. The van der Waals surface area contributed by atoms with Gasteiger partial charge in [-0.1, -0.05) is 30.3 Å². The zero-order valence-electron chi connectivity index (χ0n) is 12.6. The second kappa shape index (κ2) is 5.56. The number of hydrogen-bond donors (Lipinski definition) is 2. The van der Waals surface area contributed by atoms with Gasteiger partial charge >= 0.3 is 0 Å². The summed E-state index contributed by atoms with van der Waals surface area (Å²) in [5.74, 6) is -0.148. The van der Waals surface area contributed by atoms with Crippen LogP contribution in [-0.4, -0.2) is 15.6 Å². The van der Waals surface area contributed by atoms with Gasteiger partial charge in [0, 0.05) is 17.4 Å². The lowest BCUT2D eigenvalue weighted by atomic mass is 10.1. The quantitative estimate of drug-likeness (QED) is 0.719. The van der Waals surface area contributed by atoms with Gasteiger partial charge in [-0.3, -0.25) is 4.79 Å². The van der Waals surface area contributed by atoms with Crippen molar-refractivity contribution in [3.63, 3.8) is 0 Å². The smallest absolute Gasteiger partial charge is 0.272 e. The molecule has 1 amide bonds. The van der Waals surface area contributed by atoms with Crippen LogP contribution in [0.2, 0.25) is 0 Å². The predicted octanol–water partition coefficient (Wildman–Crippen LogP) is 3.93. The number of phenolic OH excluding ortho intramolecular Hbond substituents is 1. The molecule has 0 aliphatic heterocycles. The van der Waals surface area contributed by atoms with Crippen molar-refractivity contribution in [1.82, 2.24) is 4.57 Å². The number of fused-ring (bicyclic) bond motifs is 1. The van der Waals surface area contributed by atoms with Gasteiger partial charge in [0.2, 0.25) is 0 Å². The fraction of sp³-hybridized carbons (Fsp3) is 0.167. The first-order chi connectivity index (χ1) is 10.6. The average Bonchev–Trinajstić information content (AvgIpc) is 2.82. The SMILES string of the molecule is CCn1c(C(=O)Nc2ccccc2O)c(C)c2ccccc21. The third kappa shape index (κ3) is 2.22. The monoisotopic (exact) mass is 294 g/mol. The summed E-state index contributed by atoms with van der Waals surface area (Å²) in [5.41, 5.74) is 3.04. The number of nitrogens with one attached hydrogen (secondary N) is 1. The lowest BCUT2D eigenvalue weighted by Gasteiger charge is -2.10. The van der Waals surface area contributed by atoms with Gasteiger partial charge in [-0.25, -0.2) is 0 Å². The van der Waals surface area contributed by atoms with Gasteiger partial charge in [-0.2, -0.15) is 0 Å². The van der Waals surface area contributed by atoms with Gasteiger partial charge in [0.15, 0.2) is 0 Å². The van der Waals surface area contributed by atoms with E-state index in [-0.39, 0.29) is 11.7 Å². The maximum absolute atomic E-state index is 12.7. The van der Waals surface area contributed by atoms with Crippen molar-refractivity contribution in [2.75, 3.05) is 5.32 Å². The summed E-state index contributed by atoms with van der Waals surface area (Å²) in [6, 6.07) is 14.7. The number of para-hydroxylation sites is 3. The summed E-state index contributed by atoms with van der Waals surface area (Å²) in [5, 5.41) is 13.7. The van der Waals surface area contributed by atoms with E-state index in [9.17, 15) is 9.90 Å². The van der Waals surface area contributed by atoms with E-state index >= 15 is 0 Å². The molecule has 0 unspecified atom stereocenters. The number of phenols is 1. The summed E-state index contributed by atoms with van der Waals surface area (Å²) < 4.78 is 2.00. The minimum Gasteiger partial charge on any atom is -0.506 e. The average molecular weight is 294 g/mol. The van der Waals surface area contributed by atoms with E-state index in [1.165, 1.54) is 0 Å². The molecule has 4 heteroatoms. The van der Waals surface area contributed by atoms with Crippen LogP contribution in [0.3, 0.4) is 0 Å². The summed E-state index contributed by atoms with van der Waals surface area (Å²) in [6.07, 6.45) is 0. The first-order valence-electron chi connectivity index (χ1n) is 7.30. The van der Waals surface area contributed by atoms with Crippen LogP contribution in [0.25, 0.3) is 10.9 Å².